The topological polar surface area (TPSA) is 56.3 Å². The molecule has 34 heavy (non-hydrogen) atoms. The van der Waals surface area contributed by atoms with Crippen molar-refractivity contribution in [3.63, 3.8) is 0 Å². The Morgan fingerprint density at radius 3 is 2.41 bits per heavy atom. The third-order valence-corrected chi connectivity index (χ3v) is 5.47. The average Bonchev–Trinajstić information content (AvgIpc) is 2.82. The number of methoxy groups -OCH3 is 1. The van der Waals surface area contributed by atoms with E-state index in [0.717, 1.165) is 11.6 Å². The molecule has 0 unspecified atom stereocenters. The van der Waals surface area contributed by atoms with Crippen molar-refractivity contribution in [2.75, 3.05) is 12.4 Å². The van der Waals surface area contributed by atoms with Crippen molar-refractivity contribution in [1.82, 2.24) is 9.97 Å². The van der Waals surface area contributed by atoms with E-state index in [4.69, 9.17) is 21.1 Å². The Bertz CT molecular complexity index is 1310. The van der Waals surface area contributed by atoms with E-state index in [2.05, 4.69) is 15.3 Å². The second kappa shape index (κ2) is 10.2. The second-order valence-corrected chi connectivity index (χ2v) is 7.89. The van der Waals surface area contributed by atoms with Gasteiger partial charge >= 0.3 is 0 Å². The van der Waals surface area contributed by atoms with Gasteiger partial charge in [-0.2, -0.15) is 0 Å². The van der Waals surface area contributed by atoms with Crippen molar-refractivity contribution in [2.45, 2.75) is 26.0 Å². The van der Waals surface area contributed by atoms with Gasteiger partial charge in [-0.1, -0.05) is 48.5 Å². The number of benzene rings is 3. The molecule has 4 aromatic rings. The lowest BCUT2D eigenvalue weighted by Crippen LogP contribution is -2.12. The van der Waals surface area contributed by atoms with Crippen LogP contribution in [-0.4, -0.2) is 17.1 Å². The molecular weight excluding hydrogens is 467 g/mol. The Morgan fingerprint density at radius 2 is 1.71 bits per heavy atom. The van der Waals surface area contributed by atoms with Crippen LogP contribution in [0.3, 0.4) is 0 Å². The lowest BCUT2D eigenvalue weighted by atomic mass is 10.0. The molecule has 0 aliphatic carbocycles. The molecule has 1 N–H and O–H groups in total. The maximum absolute atomic E-state index is 14.7. The van der Waals surface area contributed by atoms with Gasteiger partial charge in [0.1, 0.15) is 18.2 Å². The standard InChI is InChI=1S/C25H21ClF3N3O2/c1-14(16-9-6-10-17(22(16)27)23(28)29)30-24-18-11-21(34-13-15-7-4-3-5-8-15)20(33-2)12-19(18)31-25(26)32-24/h3-12,14,23H,13H2,1-2H3,(H,30,31,32)/t14-/m1/s1. The zero-order chi connectivity index (χ0) is 24.2. The number of alkyl halides is 2. The van der Waals surface area contributed by atoms with Crippen LogP contribution < -0.4 is 14.8 Å². The van der Waals surface area contributed by atoms with Crippen LogP contribution >= 0.6 is 11.6 Å². The highest BCUT2D eigenvalue weighted by atomic mass is 35.5. The molecular formula is C25H21ClF3N3O2. The molecule has 176 valence electrons. The molecule has 0 amide bonds. The molecule has 1 aromatic heterocycles. The smallest absolute Gasteiger partial charge is 0.266 e. The predicted octanol–water partition coefficient (Wildman–Crippen LogP) is 7.12. The van der Waals surface area contributed by atoms with E-state index in [0.29, 0.717) is 34.8 Å². The summed E-state index contributed by atoms with van der Waals surface area (Å²) in [4.78, 5) is 8.49. The minimum atomic E-state index is -2.92. The van der Waals surface area contributed by atoms with Gasteiger partial charge in [-0.05, 0) is 30.2 Å². The molecule has 0 aliphatic heterocycles. The largest absolute Gasteiger partial charge is 0.493 e. The van der Waals surface area contributed by atoms with E-state index in [9.17, 15) is 13.2 Å². The maximum Gasteiger partial charge on any atom is 0.266 e. The van der Waals surface area contributed by atoms with Gasteiger partial charge in [0.25, 0.3) is 6.43 Å². The van der Waals surface area contributed by atoms with Crippen molar-refractivity contribution < 1.29 is 22.6 Å². The maximum atomic E-state index is 14.7. The van der Waals surface area contributed by atoms with E-state index in [1.54, 1.807) is 19.1 Å². The van der Waals surface area contributed by atoms with Crippen LogP contribution in [0.2, 0.25) is 5.28 Å². The van der Waals surface area contributed by atoms with Crippen molar-refractivity contribution >= 4 is 28.3 Å². The summed E-state index contributed by atoms with van der Waals surface area (Å²) in [6, 6.07) is 16.2. The first-order valence-corrected chi connectivity index (χ1v) is 10.8. The molecule has 3 aromatic carbocycles. The Balaban J connectivity index is 1.70. The molecule has 0 saturated carbocycles. The third kappa shape index (κ3) is 5.02. The van der Waals surface area contributed by atoms with Gasteiger partial charge in [-0.15, -0.1) is 0 Å². The zero-order valence-corrected chi connectivity index (χ0v) is 19.1. The molecule has 1 atom stereocenters. The Morgan fingerprint density at radius 1 is 0.971 bits per heavy atom. The summed E-state index contributed by atoms with van der Waals surface area (Å²) in [6.07, 6.45) is -2.92. The number of rotatable bonds is 8. The highest BCUT2D eigenvalue weighted by Crippen LogP contribution is 2.37. The monoisotopic (exact) mass is 487 g/mol. The molecule has 4 rings (SSSR count). The summed E-state index contributed by atoms with van der Waals surface area (Å²) < 4.78 is 52.4. The van der Waals surface area contributed by atoms with Crippen LogP contribution in [0.1, 0.15) is 36.1 Å². The number of aromatic nitrogens is 2. The average molecular weight is 488 g/mol. The van der Waals surface area contributed by atoms with Gasteiger partial charge in [0.05, 0.1) is 24.2 Å². The lowest BCUT2D eigenvalue weighted by molar-refractivity contribution is 0.146. The van der Waals surface area contributed by atoms with E-state index < -0.39 is 23.8 Å². The summed E-state index contributed by atoms with van der Waals surface area (Å²) in [5, 5.41) is 3.58. The molecule has 1 heterocycles. The Hall–Kier alpha value is -3.52. The first-order chi connectivity index (χ1) is 16.4. The van der Waals surface area contributed by atoms with Gasteiger partial charge in [0, 0.05) is 17.0 Å². The quantitative estimate of drug-likeness (QED) is 0.268. The first-order valence-electron chi connectivity index (χ1n) is 10.4. The van der Waals surface area contributed by atoms with E-state index >= 15 is 0 Å². The van der Waals surface area contributed by atoms with Crippen LogP contribution in [0.25, 0.3) is 10.9 Å². The predicted molar refractivity (Wildman–Crippen MR) is 125 cm³/mol. The second-order valence-electron chi connectivity index (χ2n) is 7.55. The molecule has 0 fully saturated rings. The summed E-state index contributed by atoms with van der Waals surface area (Å²) in [5.41, 5.74) is 0.867. The van der Waals surface area contributed by atoms with Crippen LogP contribution in [0, 0.1) is 5.82 Å². The van der Waals surface area contributed by atoms with Crippen molar-refractivity contribution in [1.29, 1.82) is 0 Å². The van der Waals surface area contributed by atoms with E-state index in [1.807, 2.05) is 30.3 Å². The van der Waals surface area contributed by atoms with Crippen molar-refractivity contribution in [2.24, 2.45) is 0 Å². The first kappa shape index (κ1) is 23.6. The highest BCUT2D eigenvalue weighted by Gasteiger charge is 2.21. The number of hydrogen-bond donors (Lipinski definition) is 1. The summed E-state index contributed by atoms with van der Waals surface area (Å²) in [6.45, 7) is 1.95. The van der Waals surface area contributed by atoms with Crippen LogP contribution in [-0.2, 0) is 6.61 Å². The summed E-state index contributed by atoms with van der Waals surface area (Å²) in [5.74, 6) is 0.242. The molecule has 0 saturated heterocycles. The number of fused-ring (bicyclic) bond motifs is 1. The SMILES string of the molecule is COc1cc2nc(Cl)nc(N[C@H](C)c3cccc(C(F)F)c3F)c2cc1OCc1ccccc1. The Kier molecular flexibility index (Phi) is 7.07. The highest BCUT2D eigenvalue weighted by molar-refractivity contribution is 6.28. The fourth-order valence-electron chi connectivity index (χ4n) is 3.58. The van der Waals surface area contributed by atoms with Gasteiger partial charge in [-0.25, -0.2) is 23.1 Å². The minimum absolute atomic E-state index is 0.0380. The number of ether oxygens (including phenoxy) is 2. The van der Waals surface area contributed by atoms with Gasteiger partial charge < -0.3 is 14.8 Å². The van der Waals surface area contributed by atoms with E-state index in [1.165, 1.54) is 19.2 Å². The summed E-state index contributed by atoms with van der Waals surface area (Å²) >= 11 is 6.12. The lowest BCUT2D eigenvalue weighted by Gasteiger charge is -2.19. The molecule has 0 bridgehead atoms. The van der Waals surface area contributed by atoms with Gasteiger partial charge in [-0.3, -0.25) is 0 Å². The van der Waals surface area contributed by atoms with Crippen molar-refractivity contribution in [3.8, 4) is 11.5 Å². The molecule has 0 spiro atoms. The molecule has 0 radical (unpaired) electrons. The van der Waals surface area contributed by atoms with Gasteiger partial charge in [0.15, 0.2) is 11.5 Å². The van der Waals surface area contributed by atoms with E-state index in [-0.39, 0.29) is 10.8 Å². The van der Waals surface area contributed by atoms with Crippen molar-refractivity contribution in [3.05, 3.63) is 88.5 Å². The summed E-state index contributed by atoms with van der Waals surface area (Å²) in [7, 11) is 1.51. The number of nitrogens with zero attached hydrogens (tertiary/aromatic N) is 2. The Labute approximate surface area is 199 Å². The zero-order valence-electron chi connectivity index (χ0n) is 18.4. The van der Waals surface area contributed by atoms with Crippen LogP contribution in [0.15, 0.2) is 60.7 Å². The number of hydrogen-bond acceptors (Lipinski definition) is 5. The van der Waals surface area contributed by atoms with Gasteiger partial charge in [0.2, 0.25) is 5.28 Å². The fourth-order valence-corrected chi connectivity index (χ4v) is 3.76. The minimum Gasteiger partial charge on any atom is -0.493 e. The number of nitrogens with one attached hydrogen (secondary N) is 1. The third-order valence-electron chi connectivity index (χ3n) is 5.30. The molecule has 9 heteroatoms. The fraction of sp³-hybridized carbons (Fsp3) is 0.200. The number of halogens is 4. The van der Waals surface area contributed by atoms with Crippen LogP contribution in [0.5, 0.6) is 11.5 Å². The number of anilines is 1. The van der Waals surface area contributed by atoms with Crippen LogP contribution in [0.4, 0.5) is 19.0 Å². The molecule has 5 nitrogen and oxygen atoms in total. The molecule has 0 aliphatic rings. The normalized spacial score (nSPS) is 12.1.